The number of fused-ring (bicyclic) bond motifs is 1. The minimum atomic E-state index is 0.171. The second-order valence-corrected chi connectivity index (χ2v) is 4.76. The molecule has 0 unspecified atom stereocenters. The van der Waals surface area contributed by atoms with Crippen LogP contribution >= 0.6 is 0 Å². The quantitative estimate of drug-likeness (QED) is 0.650. The van der Waals surface area contributed by atoms with E-state index in [2.05, 4.69) is 17.1 Å². The van der Waals surface area contributed by atoms with Gasteiger partial charge in [0.1, 0.15) is 0 Å². The van der Waals surface area contributed by atoms with Crippen molar-refractivity contribution in [3.05, 3.63) is 66.5 Å². The molecule has 0 bridgehead atoms. The van der Waals surface area contributed by atoms with Crippen LogP contribution < -0.4 is 0 Å². The molecule has 0 aliphatic heterocycles. The Balaban J connectivity index is 2.18. The highest BCUT2D eigenvalue weighted by Gasteiger charge is 2.07. The summed E-state index contributed by atoms with van der Waals surface area (Å²) in [6.45, 7) is 1.89. The van der Waals surface area contributed by atoms with Gasteiger partial charge < -0.3 is 0 Å². The van der Waals surface area contributed by atoms with E-state index < -0.39 is 0 Å². The highest BCUT2D eigenvalue weighted by atomic mass is 16.1. The molecule has 2 heteroatoms. The van der Waals surface area contributed by atoms with Crippen LogP contribution in [0.3, 0.4) is 0 Å². The van der Waals surface area contributed by atoms with Gasteiger partial charge in [0.25, 0.3) is 0 Å². The molecule has 0 aliphatic rings. The van der Waals surface area contributed by atoms with Crippen molar-refractivity contribution in [1.82, 2.24) is 4.98 Å². The van der Waals surface area contributed by atoms with Crippen molar-refractivity contribution < 1.29 is 4.79 Å². The summed E-state index contributed by atoms with van der Waals surface area (Å²) >= 11 is 0. The van der Waals surface area contributed by atoms with Gasteiger partial charge in [-0.3, -0.25) is 9.78 Å². The predicted molar refractivity (Wildman–Crippen MR) is 81.8 cm³/mol. The first kappa shape index (κ1) is 12.5. The minimum Gasteiger partial charge on any atom is -0.294 e. The number of carbonyl (C=O) groups excluding carboxylic acids is 1. The third-order valence-electron chi connectivity index (χ3n) is 3.50. The molecule has 0 radical (unpaired) electrons. The fourth-order valence-corrected chi connectivity index (χ4v) is 2.43. The molecule has 2 nitrogen and oxygen atoms in total. The average Bonchev–Trinajstić information content (AvgIpc) is 2.53. The summed E-state index contributed by atoms with van der Waals surface area (Å²) in [5.74, 6) is 0.171. The fraction of sp³-hybridized carbons (Fsp3) is 0.111. The number of hydrogen-bond donors (Lipinski definition) is 0. The van der Waals surface area contributed by atoms with Crippen molar-refractivity contribution in [1.29, 1.82) is 0 Å². The van der Waals surface area contributed by atoms with Crippen molar-refractivity contribution >= 4 is 16.6 Å². The van der Waals surface area contributed by atoms with Crippen molar-refractivity contribution in [3.8, 4) is 11.1 Å². The number of hydrogen-bond acceptors (Lipinski definition) is 2. The molecule has 0 amide bonds. The number of rotatable bonds is 3. The Morgan fingerprint density at radius 2 is 1.95 bits per heavy atom. The second-order valence-electron chi connectivity index (χ2n) is 4.76. The molecule has 1 aromatic heterocycles. The molecule has 3 rings (SSSR count). The maximum absolute atomic E-state index is 11.8. The fourth-order valence-electron chi connectivity index (χ4n) is 2.43. The van der Waals surface area contributed by atoms with Crippen LogP contribution in [-0.2, 0) is 0 Å². The molecule has 0 aliphatic carbocycles. The first-order chi connectivity index (χ1) is 9.79. The first-order valence-electron chi connectivity index (χ1n) is 6.76. The van der Waals surface area contributed by atoms with E-state index in [1.807, 2.05) is 49.5 Å². The lowest BCUT2D eigenvalue weighted by Gasteiger charge is -2.08. The smallest absolute Gasteiger partial charge is 0.162 e. The average molecular weight is 261 g/mol. The lowest BCUT2D eigenvalue weighted by molar-refractivity contribution is 0.0988. The molecule has 0 N–H and O–H groups in total. The van der Waals surface area contributed by atoms with E-state index in [1.165, 1.54) is 0 Å². The van der Waals surface area contributed by atoms with Gasteiger partial charge in [-0.1, -0.05) is 43.3 Å². The standard InChI is InChI=1S/C18H15NO/c1-2-18(20)15-7-3-6-14(11-15)16-8-4-5-13-9-10-19-12-17(13)16/h3-12H,2H2,1H3. The van der Waals surface area contributed by atoms with Crippen molar-refractivity contribution in [2.24, 2.45) is 0 Å². The Hall–Kier alpha value is -2.48. The van der Waals surface area contributed by atoms with E-state index >= 15 is 0 Å². The van der Waals surface area contributed by atoms with Crippen LogP contribution in [0.25, 0.3) is 21.9 Å². The van der Waals surface area contributed by atoms with Crippen molar-refractivity contribution in [2.75, 3.05) is 0 Å². The molecule has 0 atom stereocenters. The molecular weight excluding hydrogens is 246 g/mol. The Kier molecular flexibility index (Phi) is 3.30. The zero-order chi connectivity index (χ0) is 13.9. The van der Waals surface area contributed by atoms with E-state index in [0.717, 1.165) is 27.5 Å². The Morgan fingerprint density at radius 3 is 2.80 bits per heavy atom. The largest absolute Gasteiger partial charge is 0.294 e. The highest BCUT2D eigenvalue weighted by molar-refractivity contribution is 6.00. The van der Waals surface area contributed by atoms with Crippen LogP contribution in [0.5, 0.6) is 0 Å². The maximum Gasteiger partial charge on any atom is 0.162 e. The van der Waals surface area contributed by atoms with E-state index in [4.69, 9.17) is 0 Å². The number of nitrogens with zero attached hydrogens (tertiary/aromatic N) is 1. The van der Waals surface area contributed by atoms with Crippen LogP contribution in [0, 0.1) is 0 Å². The molecule has 0 fully saturated rings. The Bertz CT molecular complexity index is 772. The van der Waals surface area contributed by atoms with Gasteiger partial charge in [0.15, 0.2) is 5.78 Å². The summed E-state index contributed by atoms with van der Waals surface area (Å²) in [7, 11) is 0. The molecule has 2 aromatic carbocycles. The third-order valence-corrected chi connectivity index (χ3v) is 3.50. The molecule has 1 heterocycles. The van der Waals surface area contributed by atoms with Crippen LogP contribution in [0.4, 0.5) is 0 Å². The lowest BCUT2D eigenvalue weighted by Crippen LogP contribution is -1.96. The summed E-state index contributed by atoms with van der Waals surface area (Å²) < 4.78 is 0. The monoisotopic (exact) mass is 261 g/mol. The molecule has 98 valence electrons. The lowest BCUT2D eigenvalue weighted by atomic mass is 9.97. The Labute approximate surface area is 118 Å². The van der Waals surface area contributed by atoms with Gasteiger partial charge in [-0.05, 0) is 28.6 Å². The van der Waals surface area contributed by atoms with E-state index in [-0.39, 0.29) is 5.78 Å². The third kappa shape index (κ3) is 2.21. The SMILES string of the molecule is CCC(=O)c1cccc(-c2cccc3ccncc23)c1. The molecule has 20 heavy (non-hydrogen) atoms. The van der Waals surface area contributed by atoms with Gasteiger partial charge in [-0.25, -0.2) is 0 Å². The van der Waals surface area contributed by atoms with Crippen LogP contribution in [-0.4, -0.2) is 10.8 Å². The van der Waals surface area contributed by atoms with Gasteiger partial charge in [-0.15, -0.1) is 0 Å². The zero-order valence-electron chi connectivity index (χ0n) is 11.3. The minimum absolute atomic E-state index is 0.171. The van der Waals surface area contributed by atoms with Gasteiger partial charge in [0.05, 0.1) is 0 Å². The molecule has 0 saturated carbocycles. The van der Waals surface area contributed by atoms with Crippen LogP contribution in [0.15, 0.2) is 60.9 Å². The molecule has 0 saturated heterocycles. The predicted octanol–water partition coefficient (Wildman–Crippen LogP) is 4.49. The van der Waals surface area contributed by atoms with E-state index in [0.29, 0.717) is 6.42 Å². The van der Waals surface area contributed by atoms with E-state index in [9.17, 15) is 4.79 Å². The highest BCUT2D eigenvalue weighted by Crippen LogP contribution is 2.28. The summed E-state index contributed by atoms with van der Waals surface area (Å²) in [6.07, 6.45) is 4.20. The van der Waals surface area contributed by atoms with Gasteiger partial charge in [-0.2, -0.15) is 0 Å². The Morgan fingerprint density at radius 1 is 1.10 bits per heavy atom. The van der Waals surface area contributed by atoms with Gasteiger partial charge in [0, 0.05) is 29.8 Å². The van der Waals surface area contributed by atoms with Crippen LogP contribution in [0.2, 0.25) is 0 Å². The number of carbonyl (C=O) groups is 1. The summed E-state index contributed by atoms with van der Waals surface area (Å²) in [5, 5.41) is 2.26. The van der Waals surface area contributed by atoms with E-state index in [1.54, 1.807) is 6.20 Å². The normalized spacial score (nSPS) is 10.7. The summed E-state index contributed by atoms with van der Waals surface area (Å²) in [6, 6.07) is 16.0. The maximum atomic E-state index is 11.8. The van der Waals surface area contributed by atoms with Crippen LogP contribution in [0.1, 0.15) is 23.7 Å². The van der Waals surface area contributed by atoms with Crippen molar-refractivity contribution in [3.63, 3.8) is 0 Å². The topological polar surface area (TPSA) is 30.0 Å². The number of pyridine rings is 1. The number of ketones is 1. The number of aromatic nitrogens is 1. The summed E-state index contributed by atoms with van der Waals surface area (Å²) in [5.41, 5.74) is 2.94. The number of Topliss-reactive ketones (excluding diaryl/α,β-unsaturated/α-hetero) is 1. The second kappa shape index (κ2) is 5.25. The molecule has 3 aromatic rings. The number of benzene rings is 2. The van der Waals surface area contributed by atoms with Crippen molar-refractivity contribution in [2.45, 2.75) is 13.3 Å². The summed E-state index contributed by atoms with van der Waals surface area (Å²) in [4.78, 5) is 16.1. The van der Waals surface area contributed by atoms with Gasteiger partial charge in [0.2, 0.25) is 0 Å². The zero-order valence-corrected chi connectivity index (χ0v) is 11.3. The van der Waals surface area contributed by atoms with Gasteiger partial charge >= 0.3 is 0 Å². The molecular formula is C18H15NO. The first-order valence-corrected chi connectivity index (χ1v) is 6.76. The molecule has 0 spiro atoms.